The van der Waals surface area contributed by atoms with E-state index < -0.39 is 9.84 Å². The first-order chi connectivity index (χ1) is 64.3. The number of aliphatic hydroxyl groups is 5. The van der Waals surface area contributed by atoms with Crippen LogP contribution in [0.5, 0.6) is 0 Å². The lowest BCUT2D eigenvalue weighted by molar-refractivity contribution is 0.0764. The van der Waals surface area contributed by atoms with Gasteiger partial charge in [0.15, 0.2) is 9.84 Å². The van der Waals surface area contributed by atoms with E-state index in [1.165, 1.54) is 103 Å². The molecule has 10 aromatic carbocycles. The smallest absolute Gasteiger partial charge is 0.175 e. The maximum atomic E-state index is 11.2. The number of benzene rings is 10. The average Bonchev–Trinajstić information content (AvgIpc) is 1.62. The summed E-state index contributed by atoms with van der Waals surface area (Å²) in [5.74, 6) is 0.788. The molecule has 772 valence electrons. The fraction of sp³-hybridized carbons (Fsp3) is 0.528. The van der Waals surface area contributed by atoms with Crippen LogP contribution >= 0.6 is 0 Å². The van der Waals surface area contributed by atoms with Gasteiger partial charge in [-0.15, -0.1) is 0 Å². The molecule has 4 unspecified atom stereocenters. The zero-order chi connectivity index (χ0) is 106. The van der Waals surface area contributed by atoms with Crippen molar-refractivity contribution in [3.05, 3.63) is 348 Å². The number of aryl methyl sites for hydroxylation is 1. The molecule has 139 heavy (non-hydrogen) atoms. The minimum atomic E-state index is -3.07. The molecule has 0 bridgehead atoms. The molecule has 2 fully saturated rings. The Morgan fingerprint density at radius 3 is 0.906 bits per heavy atom. The molecule has 10 aromatic rings. The second kappa shape index (κ2) is 58.5. The van der Waals surface area contributed by atoms with Gasteiger partial charge in [-0.25, -0.2) is 8.42 Å². The van der Waals surface area contributed by atoms with E-state index in [4.69, 9.17) is 29.2 Å². The number of hydrogen-bond donors (Lipinski definition) is 5. The summed E-state index contributed by atoms with van der Waals surface area (Å²) in [6.45, 7) is 81.3. The summed E-state index contributed by atoms with van der Waals surface area (Å²) in [4.78, 5) is 0.380. The molecule has 0 amide bonds. The van der Waals surface area contributed by atoms with Gasteiger partial charge in [0.1, 0.15) is 0 Å². The highest BCUT2D eigenvalue weighted by Crippen LogP contribution is 2.48. The minimum Gasteiger partial charge on any atom is -0.396 e. The van der Waals surface area contributed by atoms with E-state index >= 15 is 0 Å². The van der Waals surface area contributed by atoms with Crippen LogP contribution in [-0.2, 0) is 109 Å². The third kappa shape index (κ3) is 48.2. The number of aliphatic hydroxyl groups excluding tert-OH is 5. The molecule has 0 aliphatic heterocycles. The molecule has 4 atom stereocenters. The lowest BCUT2D eigenvalue weighted by Crippen LogP contribution is -2.14. The minimum absolute atomic E-state index is 0.0655. The quantitative estimate of drug-likeness (QED) is 0.0492. The predicted octanol–water partition coefficient (Wildman–Crippen LogP) is 32.0. The van der Waals surface area contributed by atoms with Gasteiger partial charge in [0.25, 0.3) is 0 Å². The van der Waals surface area contributed by atoms with E-state index in [1.807, 2.05) is 77.9 Å². The lowest BCUT2D eigenvalue weighted by Gasteiger charge is -2.21. The molecule has 12 rings (SSSR count). The first kappa shape index (κ1) is 127. The fourth-order valence-corrected chi connectivity index (χ4v) is 14.8. The van der Waals surface area contributed by atoms with Gasteiger partial charge >= 0.3 is 0 Å². The molecule has 0 heterocycles. The zero-order valence-electron chi connectivity index (χ0n) is 94.1. The third-order valence-corrected chi connectivity index (χ3v) is 25.9. The highest BCUT2D eigenvalue weighted by molar-refractivity contribution is 7.90. The van der Waals surface area contributed by atoms with E-state index in [1.54, 1.807) is 26.4 Å². The normalized spacial score (nSPS) is 13.9. The lowest BCUT2D eigenvalue weighted by atomic mass is 9.85. The number of ether oxygens (including phenoxy) is 4. The highest BCUT2D eigenvalue weighted by atomic mass is 32.2. The predicted molar refractivity (Wildman–Crippen MR) is 596 cm³/mol. The number of methoxy groups -OCH3 is 2. The van der Waals surface area contributed by atoms with E-state index in [0.717, 1.165) is 61.3 Å². The van der Waals surface area contributed by atoms with Crippen LogP contribution in [0.3, 0.4) is 0 Å². The van der Waals surface area contributed by atoms with Crippen LogP contribution in [-0.4, -0.2) is 80.9 Å². The zero-order valence-corrected chi connectivity index (χ0v) is 95.0. The van der Waals surface area contributed by atoms with Gasteiger partial charge in [0.05, 0.1) is 55.7 Å². The Morgan fingerprint density at radius 2 is 0.640 bits per heavy atom. The number of rotatable bonds is 20. The van der Waals surface area contributed by atoms with E-state index in [-0.39, 0.29) is 97.7 Å². The average molecular weight is 1930 g/mol. The molecule has 11 nitrogen and oxygen atoms in total. The first-order valence-electron chi connectivity index (χ1n) is 50.9. The summed E-state index contributed by atoms with van der Waals surface area (Å²) in [6, 6.07) is 83.5. The molecular weight excluding hydrogens is 1730 g/mol. The Hall–Kier alpha value is -8.21. The summed E-state index contributed by atoms with van der Waals surface area (Å²) in [5.41, 5.74) is 25.6. The molecule has 2 aliphatic carbocycles. The monoisotopic (exact) mass is 1930 g/mol. The summed E-state index contributed by atoms with van der Waals surface area (Å²) in [6.07, 6.45) is 6.43. The van der Waals surface area contributed by atoms with Gasteiger partial charge in [0, 0.05) is 45.7 Å². The summed E-state index contributed by atoms with van der Waals surface area (Å²) in [7, 11) is 0.393. The first-order valence-corrected chi connectivity index (χ1v) is 52.8. The summed E-state index contributed by atoms with van der Waals surface area (Å²) < 4.78 is 43.5. The molecule has 2 aliphatic rings. The van der Waals surface area contributed by atoms with Crippen LogP contribution in [0.4, 0.5) is 0 Å². The van der Waals surface area contributed by atoms with Crippen molar-refractivity contribution < 1.29 is 52.9 Å². The van der Waals surface area contributed by atoms with Gasteiger partial charge in [-0.2, -0.15) is 0 Å². The maximum absolute atomic E-state index is 11.2. The standard InChI is InChI=1S/2C14H20O.C14H22O.2C13H20O.2C12H18O.C11H16O2S.2C11H16O.C2H6/c1-13(2,3)11-4-6-12(7-5-11)14(10-15)8-9-14;1-14(2,3)12-8-6-11(7-9-12)13(15)10-4-5-10;1-10(2)13(15)11-6-8-12(9-7-11)14(3,4)5;1-10(14-5)11-6-8-12(9-7-11)13(2,3)4;1-5-14-10-11-6-8-12(9-7-11)13(2,3)4;1-12(2,3)11-7-5-10(6-8-11)9-13-4;1-12(2,3)11-6-4-10(5-7-11)8-9-13;1-11(2,3)9-5-7-10(8-6-9)14(4,12)13;1-11(2,3)10-6-4-9(8-12)5-7-10;1-4-12-10(3)11-7-5-9(2)6-8-11;1-2/h4-7,15H,8-10H2,1-3H3;6-10,13,15H,4-5H2,1-3H3;6-10,13,15H,1-5H3;6-10H,1-5H3;6-9H,5,10H2,1-4H3;5-8H,9H2,1-4H3;4-7,13H,8-9H2,1-3H3;5-8H,1-4H3;4-7,12H,8H2,1-3H3;5-8,10H,4H2,1-3H3;1-2H3. The second-order valence-electron chi connectivity index (χ2n) is 46.8. The van der Waals surface area contributed by atoms with Gasteiger partial charge < -0.3 is 44.5 Å². The van der Waals surface area contributed by atoms with E-state index in [0.29, 0.717) is 24.0 Å². The van der Waals surface area contributed by atoms with Crippen LogP contribution in [0.25, 0.3) is 0 Å². The van der Waals surface area contributed by atoms with Crippen molar-refractivity contribution in [1.82, 2.24) is 0 Å². The van der Waals surface area contributed by atoms with Crippen molar-refractivity contribution in [2.75, 3.05) is 46.9 Å². The molecule has 12 heteroatoms. The Labute approximate surface area is 848 Å². The number of sulfone groups is 1. The second-order valence-corrected chi connectivity index (χ2v) is 48.8. The van der Waals surface area contributed by atoms with Crippen LogP contribution < -0.4 is 0 Å². The molecule has 0 radical (unpaired) electrons. The SMILES string of the molecule is CC.CC(C)(C)c1ccc(C(O)C2CC2)cc1.CC(C)(C)c1ccc(C2(CO)CC2)cc1.CC(C)(C)c1ccc(CCO)cc1.CC(C)(C)c1ccc(CO)cc1.CC(C)(C)c1ccc(S(C)(=O)=O)cc1.CC(C)C(O)c1ccc(C(C)(C)C)cc1.CCOC(C)c1ccc(C)cc1.CCOCc1ccc(C(C)(C)C)cc1.COC(C)c1ccc(C(C)(C)C)cc1.COCc1ccc(C(C)(C)C)cc1. The summed E-state index contributed by atoms with van der Waals surface area (Å²) in [5, 5.41) is 46.8. The van der Waals surface area contributed by atoms with Crippen molar-refractivity contribution in [2.24, 2.45) is 11.8 Å². The fourth-order valence-electron chi connectivity index (χ4n) is 14.2. The maximum Gasteiger partial charge on any atom is 0.175 e. The molecule has 0 spiro atoms. The molecule has 5 N–H and O–H groups in total. The Balaban J connectivity index is 0.000000522. The van der Waals surface area contributed by atoms with Gasteiger partial charge in [-0.3, -0.25) is 0 Å². The van der Waals surface area contributed by atoms with Crippen LogP contribution in [0.1, 0.15) is 398 Å². The Kier molecular flexibility index (Phi) is 53.4. The molecule has 2 saturated carbocycles. The number of hydrogen-bond acceptors (Lipinski definition) is 11. The van der Waals surface area contributed by atoms with E-state index in [9.17, 15) is 23.7 Å². The van der Waals surface area contributed by atoms with Crippen molar-refractivity contribution in [3.8, 4) is 0 Å². The highest BCUT2D eigenvalue weighted by Gasteiger charge is 2.43. The van der Waals surface area contributed by atoms with Gasteiger partial charge in [-0.1, -0.05) is 451 Å². The van der Waals surface area contributed by atoms with Gasteiger partial charge in [-0.05, 0) is 240 Å². The topological polar surface area (TPSA) is 172 Å². The van der Waals surface area contributed by atoms with Crippen LogP contribution in [0.2, 0.25) is 0 Å². The summed E-state index contributed by atoms with van der Waals surface area (Å²) >= 11 is 0. The molecule has 0 saturated heterocycles. The van der Waals surface area contributed by atoms with Crippen molar-refractivity contribution in [3.63, 3.8) is 0 Å². The molecule has 0 aromatic heterocycles. The third-order valence-electron chi connectivity index (χ3n) is 24.8. The van der Waals surface area contributed by atoms with Crippen molar-refractivity contribution >= 4 is 9.84 Å². The Morgan fingerprint density at radius 1 is 0.360 bits per heavy atom. The van der Waals surface area contributed by atoms with Crippen LogP contribution in [0.15, 0.2) is 248 Å². The van der Waals surface area contributed by atoms with Crippen molar-refractivity contribution in [1.29, 1.82) is 0 Å². The molecular formula is C127H192O11S. The largest absolute Gasteiger partial charge is 0.396 e. The van der Waals surface area contributed by atoms with Crippen molar-refractivity contribution in [2.45, 2.75) is 385 Å². The Bertz CT molecular complexity index is 4940. The van der Waals surface area contributed by atoms with E-state index in [2.05, 4.69) is 402 Å². The van der Waals surface area contributed by atoms with Gasteiger partial charge in [0.2, 0.25) is 0 Å². The van der Waals surface area contributed by atoms with Crippen LogP contribution in [0, 0.1) is 18.8 Å².